The van der Waals surface area contributed by atoms with Crippen molar-refractivity contribution in [3.63, 3.8) is 0 Å². The van der Waals surface area contributed by atoms with Crippen molar-refractivity contribution in [2.45, 2.75) is 39.0 Å². The Hall–Kier alpha value is -1.74. The summed E-state index contributed by atoms with van der Waals surface area (Å²) in [5.74, 6) is 1.88. The van der Waals surface area contributed by atoms with Crippen molar-refractivity contribution in [2.75, 3.05) is 26.9 Å². The summed E-state index contributed by atoms with van der Waals surface area (Å²) < 4.78 is 16.6. The van der Waals surface area contributed by atoms with E-state index in [9.17, 15) is 0 Å². The number of hydrogen-bond donors (Lipinski definition) is 0. The summed E-state index contributed by atoms with van der Waals surface area (Å²) in [6.45, 7) is 4.50. The zero-order valence-electron chi connectivity index (χ0n) is 14.3. The van der Waals surface area contributed by atoms with Gasteiger partial charge in [0.15, 0.2) is 0 Å². The summed E-state index contributed by atoms with van der Waals surface area (Å²) in [5.41, 5.74) is 0. The van der Waals surface area contributed by atoms with Crippen molar-refractivity contribution in [3.05, 3.63) is 36.4 Å². The van der Waals surface area contributed by atoms with Gasteiger partial charge >= 0.3 is 0 Å². The maximum atomic E-state index is 5.85. The highest BCUT2D eigenvalue weighted by Gasteiger charge is 2.00. The molecule has 2 rings (SSSR count). The van der Waals surface area contributed by atoms with Crippen LogP contribution in [-0.2, 0) is 4.74 Å². The molecule has 0 saturated heterocycles. The molecule has 0 bridgehead atoms. The maximum absolute atomic E-state index is 5.85. The van der Waals surface area contributed by atoms with Gasteiger partial charge in [-0.3, -0.25) is 0 Å². The van der Waals surface area contributed by atoms with Crippen molar-refractivity contribution in [2.24, 2.45) is 0 Å². The van der Waals surface area contributed by atoms with Gasteiger partial charge in [0, 0.05) is 13.7 Å². The molecule has 0 aromatic heterocycles. The number of unbranched alkanes of at least 4 members (excludes halogenated alkanes) is 3. The standard InChI is InChI=1S/C20H28O3/c1-3-12-22-19-10-8-18-16-20(11-9-17(18)15-19)23-14-7-5-4-6-13-21-2/h8-11,15-16H,3-7,12-14H2,1-2H3. The van der Waals surface area contributed by atoms with Crippen LogP contribution in [0.5, 0.6) is 11.5 Å². The molecule has 2 aromatic carbocycles. The minimum atomic E-state index is 0.761. The molecule has 0 N–H and O–H groups in total. The van der Waals surface area contributed by atoms with Gasteiger partial charge in [-0.2, -0.15) is 0 Å². The number of ether oxygens (including phenoxy) is 3. The highest BCUT2D eigenvalue weighted by molar-refractivity contribution is 5.85. The van der Waals surface area contributed by atoms with Gasteiger partial charge in [0.2, 0.25) is 0 Å². The van der Waals surface area contributed by atoms with Crippen molar-refractivity contribution in [3.8, 4) is 11.5 Å². The molecule has 0 unspecified atom stereocenters. The third-order valence-corrected chi connectivity index (χ3v) is 3.77. The fraction of sp³-hybridized carbons (Fsp3) is 0.500. The molecular weight excluding hydrogens is 288 g/mol. The topological polar surface area (TPSA) is 27.7 Å². The molecule has 23 heavy (non-hydrogen) atoms. The van der Waals surface area contributed by atoms with Crippen LogP contribution in [0, 0.1) is 0 Å². The zero-order chi connectivity index (χ0) is 16.3. The van der Waals surface area contributed by atoms with E-state index >= 15 is 0 Å². The van der Waals surface area contributed by atoms with E-state index < -0.39 is 0 Å². The van der Waals surface area contributed by atoms with Crippen LogP contribution >= 0.6 is 0 Å². The van der Waals surface area contributed by atoms with Crippen molar-refractivity contribution in [1.29, 1.82) is 0 Å². The largest absolute Gasteiger partial charge is 0.494 e. The highest BCUT2D eigenvalue weighted by Crippen LogP contribution is 2.25. The van der Waals surface area contributed by atoms with Crippen LogP contribution in [0.1, 0.15) is 39.0 Å². The predicted octanol–water partition coefficient (Wildman–Crippen LogP) is 5.21. The molecule has 2 aromatic rings. The Bertz CT molecular complexity index is 580. The summed E-state index contributed by atoms with van der Waals surface area (Å²) in [4.78, 5) is 0. The zero-order valence-corrected chi connectivity index (χ0v) is 14.3. The second kappa shape index (κ2) is 10.1. The van der Waals surface area contributed by atoms with Gasteiger partial charge < -0.3 is 14.2 Å². The fourth-order valence-corrected chi connectivity index (χ4v) is 2.49. The van der Waals surface area contributed by atoms with Crippen LogP contribution < -0.4 is 9.47 Å². The first-order valence-corrected chi connectivity index (χ1v) is 8.62. The first-order chi connectivity index (χ1) is 11.3. The molecule has 0 aliphatic heterocycles. The van der Waals surface area contributed by atoms with Gasteiger partial charge in [-0.05, 0) is 60.7 Å². The summed E-state index contributed by atoms with van der Waals surface area (Å²) in [5, 5.41) is 2.37. The highest BCUT2D eigenvalue weighted by atomic mass is 16.5. The second-order valence-electron chi connectivity index (χ2n) is 5.77. The Morgan fingerprint density at radius 3 is 1.83 bits per heavy atom. The van der Waals surface area contributed by atoms with E-state index in [-0.39, 0.29) is 0 Å². The normalized spacial score (nSPS) is 10.9. The van der Waals surface area contributed by atoms with E-state index in [1.165, 1.54) is 23.6 Å². The van der Waals surface area contributed by atoms with E-state index in [4.69, 9.17) is 14.2 Å². The lowest BCUT2D eigenvalue weighted by atomic mass is 10.1. The Labute approximate surface area is 139 Å². The molecule has 0 spiro atoms. The summed E-state index contributed by atoms with van der Waals surface area (Å²) in [6.07, 6.45) is 5.64. The Morgan fingerprint density at radius 2 is 1.26 bits per heavy atom. The van der Waals surface area contributed by atoms with Gasteiger partial charge in [0.05, 0.1) is 13.2 Å². The molecule has 0 fully saturated rings. The average Bonchev–Trinajstić information content (AvgIpc) is 2.59. The first-order valence-electron chi connectivity index (χ1n) is 8.62. The lowest BCUT2D eigenvalue weighted by Gasteiger charge is -2.09. The number of hydrogen-bond acceptors (Lipinski definition) is 3. The molecule has 3 nitrogen and oxygen atoms in total. The van der Waals surface area contributed by atoms with Gasteiger partial charge in [0.25, 0.3) is 0 Å². The van der Waals surface area contributed by atoms with Crippen LogP contribution in [-0.4, -0.2) is 26.9 Å². The summed E-state index contributed by atoms with van der Waals surface area (Å²) in [6, 6.07) is 12.4. The number of benzene rings is 2. The van der Waals surface area contributed by atoms with Crippen LogP contribution in [0.2, 0.25) is 0 Å². The Balaban J connectivity index is 1.81. The molecule has 0 heterocycles. The van der Waals surface area contributed by atoms with Crippen molar-refractivity contribution in [1.82, 2.24) is 0 Å². The molecular formula is C20H28O3. The Morgan fingerprint density at radius 1 is 0.696 bits per heavy atom. The van der Waals surface area contributed by atoms with Gasteiger partial charge in [-0.1, -0.05) is 25.5 Å². The third kappa shape index (κ3) is 6.11. The Kier molecular flexibility index (Phi) is 7.74. The quantitative estimate of drug-likeness (QED) is 0.532. The maximum Gasteiger partial charge on any atom is 0.119 e. The van der Waals surface area contributed by atoms with E-state index in [2.05, 4.69) is 31.2 Å². The lowest BCUT2D eigenvalue weighted by molar-refractivity contribution is 0.191. The first kappa shape index (κ1) is 17.6. The summed E-state index contributed by atoms with van der Waals surface area (Å²) >= 11 is 0. The molecule has 3 heteroatoms. The number of methoxy groups -OCH3 is 1. The predicted molar refractivity (Wildman–Crippen MR) is 95.6 cm³/mol. The molecule has 126 valence electrons. The van der Waals surface area contributed by atoms with Gasteiger partial charge in [0.1, 0.15) is 11.5 Å². The number of rotatable bonds is 11. The van der Waals surface area contributed by atoms with Gasteiger partial charge in [-0.15, -0.1) is 0 Å². The lowest BCUT2D eigenvalue weighted by Crippen LogP contribution is -1.98. The van der Waals surface area contributed by atoms with Gasteiger partial charge in [-0.25, -0.2) is 0 Å². The molecule has 0 saturated carbocycles. The SMILES string of the molecule is CCCOc1ccc2cc(OCCCCCCOC)ccc2c1. The van der Waals surface area contributed by atoms with Crippen LogP contribution in [0.4, 0.5) is 0 Å². The minimum absolute atomic E-state index is 0.761. The molecule has 0 amide bonds. The fourth-order valence-electron chi connectivity index (χ4n) is 2.49. The van der Waals surface area contributed by atoms with Crippen LogP contribution in [0.15, 0.2) is 36.4 Å². The van der Waals surface area contributed by atoms with E-state index in [1.54, 1.807) is 7.11 Å². The molecule has 0 aliphatic rings. The van der Waals surface area contributed by atoms with Crippen LogP contribution in [0.3, 0.4) is 0 Å². The number of fused-ring (bicyclic) bond motifs is 1. The monoisotopic (exact) mass is 316 g/mol. The smallest absolute Gasteiger partial charge is 0.119 e. The van der Waals surface area contributed by atoms with Crippen molar-refractivity contribution < 1.29 is 14.2 Å². The van der Waals surface area contributed by atoms with E-state index in [1.807, 2.05) is 12.1 Å². The van der Waals surface area contributed by atoms with Crippen LogP contribution in [0.25, 0.3) is 10.8 Å². The minimum Gasteiger partial charge on any atom is -0.494 e. The molecule has 0 aliphatic carbocycles. The van der Waals surface area contributed by atoms with E-state index in [0.29, 0.717) is 0 Å². The second-order valence-corrected chi connectivity index (χ2v) is 5.77. The molecule has 0 radical (unpaired) electrons. The average molecular weight is 316 g/mol. The molecule has 0 atom stereocenters. The third-order valence-electron chi connectivity index (χ3n) is 3.77. The van der Waals surface area contributed by atoms with Crippen molar-refractivity contribution >= 4 is 10.8 Å². The van der Waals surface area contributed by atoms with E-state index in [0.717, 1.165) is 50.6 Å². The summed E-state index contributed by atoms with van der Waals surface area (Å²) in [7, 11) is 1.75.